The number of nitrogens with zero attached hydrogens (tertiary/aromatic N) is 5. The number of amides is 1. The topological polar surface area (TPSA) is 70.4 Å². The van der Waals surface area contributed by atoms with Gasteiger partial charge in [0, 0.05) is 63.8 Å². The molecule has 0 aromatic carbocycles. The number of pyridine rings is 1. The van der Waals surface area contributed by atoms with E-state index in [2.05, 4.69) is 28.0 Å². The average molecular weight is 464 g/mol. The Morgan fingerprint density at radius 1 is 1.18 bits per heavy atom. The van der Waals surface area contributed by atoms with Gasteiger partial charge in [-0.1, -0.05) is 24.3 Å². The van der Waals surface area contributed by atoms with Gasteiger partial charge in [-0.2, -0.15) is 0 Å². The molecule has 0 radical (unpaired) electrons. The Balaban J connectivity index is 1.81. The van der Waals surface area contributed by atoms with Crippen molar-refractivity contribution in [3.63, 3.8) is 0 Å². The fraction of sp³-hybridized carbons (Fsp3) is 0.423. The third kappa shape index (κ3) is 4.77. The van der Waals surface area contributed by atoms with Crippen molar-refractivity contribution < 1.29 is 9.53 Å². The molecule has 0 unspecified atom stereocenters. The van der Waals surface area contributed by atoms with Crippen LogP contribution in [0.3, 0.4) is 0 Å². The molecule has 2 saturated heterocycles. The second-order valence-corrected chi connectivity index (χ2v) is 8.76. The average Bonchev–Trinajstić information content (AvgIpc) is 3.24. The number of hydrogen-bond donors (Lipinski definition) is 0. The summed E-state index contributed by atoms with van der Waals surface area (Å²) < 4.78 is 6.97. The van der Waals surface area contributed by atoms with E-state index in [1.165, 1.54) is 20.6 Å². The maximum atomic E-state index is 13.2. The first kappa shape index (κ1) is 23.8. The fourth-order valence-electron chi connectivity index (χ4n) is 4.53. The molecule has 0 bridgehead atoms. The molecule has 0 N–H and O–H groups in total. The Morgan fingerprint density at radius 3 is 2.62 bits per heavy atom. The summed E-state index contributed by atoms with van der Waals surface area (Å²) in [6.07, 6.45) is 10.9. The van der Waals surface area contributed by atoms with Gasteiger partial charge in [0.2, 0.25) is 0 Å². The minimum Gasteiger partial charge on any atom is -0.378 e. The van der Waals surface area contributed by atoms with Gasteiger partial charge in [-0.05, 0) is 31.9 Å². The van der Waals surface area contributed by atoms with Gasteiger partial charge in [-0.25, -0.2) is 4.98 Å². The van der Waals surface area contributed by atoms with Gasteiger partial charge >= 0.3 is 0 Å². The van der Waals surface area contributed by atoms with Crippen LogP contribution < -0.4 is 10.5 Å². The maximum absolute atomic E-state index is 13.2. The summed E-state index contributed by atoms with van der Waals surface area (Å²) in [6.45, 7) is 8.10. The predicted octanol–water partition coefficient (Wildman–Crippen LogP) is 2.84. The Morgan fingerprint density at radius 2 is 1.94 bits per heavy atom. The molecule has 1 amide bonds. The zero-order valence-electron chi connectivity index (χ0n) is 20.5. The molecule has 2 aromatic rings. The summed E-state index contributed by atoms with van der Waals surface area (Å²) >= 11 is 0. The Bertz CT molecular complexity index is 1220. The normalized spacial score (nSPS) is 19.2. The second kappa shape index (κ2) is 10.3. The monoisotopic (exact) mass is 463 g/mol. The van der Waals surface area contributed by atoms with E-state index < -0.39 is 0 Å². The third-order valence-electron chi connectivity index (χ3n) is 6.26. The number of anilines is 1. The summed E-state index contributed by atoms with van der Waals surface area (Å²) in [5, 5.41) is 0. The van der Waals surface area contributed by atoms with Crippen molar-refractivity contribution in [2.45, 2.75) is 26.8 Å². The van der Waals surface area contributed by atoms with Crippen molar-refractivity contribution in [1.82, 2.24) is 19.2 Å². The van der Waals surface area contributed by atoms with Crippen LogP contribution in [0.15, 0.2) is 58.7 Å². The van der Waals surface area contributed by atoms with Gasteiger partial charge in [0.05, 0.1) is 18.8 Å². The van der Waals surface area contributed by atoms with Crippen LogP contribution in [0.1, 0.15) is 36.2 Å². The van der Waals surface area contributed by atoms with E-state index in [1.807, 2.05) is 26.0 Å². The zero-order valence-corrected chi connectivity index (χ0v) is 20.5. The van der Waals surface area contributed by atoms with Crippen LogP contribution in [0, 0.1) is 0 Å². The third-order valence-corrected chi connectivity index (χ3v) is 6.26. The molecule has 4 heterocycles. The van der Waals surface area contributed by atoms with Crippen LogP contribution in [0.5, 0.6) is 0 Å². The maximum Gasteiger partial charge on any atom is 0.259 e. The first-order valence-corrected chi connectivity index (χ1v) is 11.8. The molecule has 4 rings (SSSR count). The van der Waals surface area contributed by atoms with Gasteiger partial charge in [0.1, 0.15) is 11.5 Å². The first-order chi connectivity index (χ1) is 16.4. The van der Waals surface area contributed by atoms with Crippen molar-refractivity contribution in [2.24, 2.45) is 0 Å². The van der Waals surface area contributed by atoms with Crippen molar-refractivity contribution in [1.29, 1.82) is 0 Å². The van der Waals surface area contributed by atoms with Crippen LogP contribution in [-0.2, 0) is 11.3 Å². The Hall–Kier alpha value is -3.39. The minimum atomic E-state index is -0.192. The molecule has 2 aliphatic heterocycles. The molecule has 0 spiro atoms. The highest BCUT2D eigenvalue weighted by molar-refractivity contribution is 5.94. The molecule has 0 saturated carbocycles. The molecular weight excluding hydrogens is 430 g/mol. The van der Waals surface area contributed by atoms with Gasteiger partial charge in [-0.15, -0.1) is 0 Å². The molecule has 180 valence electrons. The standard InChI is InChI=1S/C26H33N5O3/c1-5-7-8-19-9-10-30(22(19)6-2)17-20-15-21(26(33)28(3)4)18-31-24(32)16-23(27-25(20)31)29-11-13-34-14-12-29/h5-8,15-16,18H,9-14,17H2,1-4H3/b7-5-,19-8-,22-6+. The number of likely N-dealkylation sites (tertiary alicyclic amines) is 1. The number of fused-ring (bicyclic) bond motifs is 1. The highest BCUT2D eigenvalue weighted by atomic mass is 16.5. The second-order valence-electron chi connectivity index (χ2n) is 8.76. The van der Waals surface area contributed by atoms with E-state index >= 15 is 0 Å². The van der Waals surface area contributed by atoms with Crippen molar-refractivity contribution in [3.05, 3.63) is 75.4 Å². The number of allylic oxidation sites excluding steroid dienone is 5. The Labute approximate surface area is 200 Å². The molecule has 0 aliphatic carbocycles. The van der Waals surface area contributed by atoms with Crippen LogP contribution in [0.2, 0.25) is 0 Å². The van der Waals surface area contributed by atoms with Gasteiger partial charge in [0.15, 0.2) is 0 Å². The van der Waals surface area contributed by atoms with Crippen LogP contribution in [-0.4, -0.2) is 72.0 Å². The highest BCUT2D eigenvalue weighted by Crippen LogP contribution is 2.30. The fourth-order valence-corrected chi connectivity index (χ4v) is 4.53. The lowest BCUT2D eigenvalue weighted by Crippen LogP contribution is -2.37. The lowest BCUT2D eigenvalue weighted by Gasteiger charge is -2.28. The van der Waals surface area contributed by atoms with Gasteiger partial charge in [0.25, 0.3) is 11.5 Å². The number of carbonyl (C=O) groups excluding carboxylic acids is 1. The van der Waals surface area contributed by atoms with Crippen molar-refractivity contribution in [2.75, 3.05) is 51.8 Å². The van der Waals surface area contributed by atoms with E-state index in [9.17, 15) is 9.59 Å². The smallest absolute Gasteiger partial charge is 0.259 e. The number of carbonyl (C=O) groups is 1. The summed E-state index contributed by atoms with van der Waals surface area (Å²) in [6, 6.07) is 3.44. The summed E-state index contributed by atoms with van der Waals surface area (Å²) in [5.41, 5.74) is 4.18. The number of ether oxygens (including phenoxy) is 1. The molecule has 2 aromatic heterocycles. The number of aromatic nitrogens is 2. The van der Waals surface area contributed by atoms with E-state index in [4.69, 9.17) is 9.72 Å². The SMILES string of the molecule is C\C=C/C=C1/CCN(Cc2cc(C(=O)N(C)C)cn3c(=O)cc(N4CCOCC4)nc23)/C1=C/C. The number of morpholine rings is 1. The number of rotatable bonds is 5. The van der Waals surface area contributed by atoms with Crippen molar-refractivity contribution >= 4 is 17.4 Å². The molecule has 34 heavy (non-hydrogen) atoms. The van der Waals surface area contributed by atoms with Gasteiger partial charge < -0.3 is 19.4 Å². The minimum absolute atomic E-state index is 0.145. The lowest BCUT2D eigenvalue weighted by molar-refractivity contribution is 0.0827. The quantitative estimate of drug-likeness (QED) is 0.679. The van der Waals surface area contributed by atoms with Crippen LogP contribution in [0.4, 0.5) is 5.82 Å². The van der Waals surface area contributed by atoms with Crippen LogP contribution >= 0.6 is 0 Å². The summed E-state index contributed by atoms with van der Waals surface area (Å²) in [7, 11) is 3.43. The molecule has 8 nitrogen and oxygen atoms in total. The van der Waals surface area contributed by atoms with Crippen molar-refractivity contribution in [3.8, 4) is 0 Å². The molecule has 2 fully saturated rings. The van der Waals surface area contributed by atoms with Crippen LogP contribution in [0.25, 0.3) is 5.65 Å². The predicted molar refractivity (Wildman–Crippen MR) is 134 cm³/mol. The van der Waals surface area contributed by atoms with E-state index in [-0.39, 0.29) is 11.5 Å². The molecule has 8 heteroatoms. The van der Waals surface area contributed by atoms with E-state index in [0.29, 0.717) is 49.9 Å². The number of hydrogen-bond acceptors (Lipinski definition) is 6. The van der Waals surface area contributed by atoms with E-state index in [0.717, 1.165) is 18.5 Å². The molecule has 2 aliphatic rings. The van der Waals surface area contributed by atoms with Gasteiger partial charge in [-0.3, -0.25) is 14.0 Å². The lowest BCUT2D eigenvalue weighted by atomic mass is 10.1. The zero-order chi connectivity index (χ0) is 24.2. The first-order valence-electron chi connectivity index (χ1n) is 11.8. The molecule has 0 atom stereocenters. The largest absolute Gasteiger partial charge is 0.378 e. The molecular formula is C26H33N5O3. The summed E-state index contributed by atoms with van der Waals surface area (Å²) in [5.74, 6) is 0.510. The summed E-state index contributed by atoms with van der Waals surface area (Å²) in [4.78, 5) is 36.8. The van der Waals surface area contributed by atoms with E-state index in [1.54, 1.807) is 26.4 Å². The Kier molecular flexibility index (Phi) is 7.17. The highest BCUT2D eigenvalue weighted by Gasteiger charge is 2.24.